The van der Waals surface area contributed by atoms with Crippen LogP contribution in [0.5, 0.6) is 0 Å². The molecule has 3 aromatic rings. The number of aromatic nitrogens is 2. The molecule has 4 rings (SSSR count). The van der Waals surface area contributed by atoms with Crippen molar-refractivity contribution >= 4 is 5.91 Å². The van der Waals surface area contributed by atoms with E-state index >= 15 is 0 Å². The summed E-state index contributed by atoms with van der Waals surface area (Å²) >= 11 is 0. The number of nitrogens with zero attached hydrogens (tertiary/aromatic N) is 3. The Hall–Kier alpha value is -2.88. The van der Waals surface area contributed by atoms with Crippen LogP contribution in [0.25, 0.3) is 11.1 Å². The average molecular weight is 331 g/mol. The molecule has 0 spiro atoms. The van der Waals surface area contributed by atoms with Crippen LogP contribution in [0.4, 0.5) is 0 Å². The summed E-state index contributed by atoms with van der Waals surface area (Å²) in [6.45, 7) is 1.65. The van der Waals surface area contributed by atoms with Crippen molar-refractivity contribution in [2.45, 2.75) is 25.4 Å². The maximum absolute atomic E-state index is 12.9. The third-order valence-electron chi connectivity index (χ3n) is 4.86. The number of imidazole rings is 1. The van der Waals surface area contributed by atoms with Gasteiger partial charge in [0.05, 0.1) is 6.33 Å². The molecule has 0 saturated carbocycles. The Labute approximate surface area is 147 Å². The SMILES string of the molecule is O=C(c1ccc(-c2ccccc2)cc1)N1CCC[C@H]1Cn1ccnc1. The van der Waals surface area contributed by atoms with Gasteiger partial charge in [0, 0.05) is 37.1 Å². The summed E-state index contributed by atoms with van der Waals surface area (Å²) in [5, 5.41) is 0. The molecule has 1 saturated heterocycles. The van der Waals surface area contributed by atoms with Gasteiger partial charge in [-0.2, -0.15) is 0 Å². The number of amides is 1. The molecule has 0 radical (unpaired) electrons. The van der Waals surface area contributed by atoms with Gasteiger partial charge in [-0.05, 0) is 36.1 Å². The molecule has 2 aromatic carbocycles. The van der Waals surface area contributed by atoms with Gasteiger partial charge in [0.2, 0.25) is 0 Å². The number of carbonyl (C=O) groups excluding carboxylic acids is 1. The van der Waals surface area contributed by atoms with Crippen molar-refractivity contribution in [3.63, 3.8) is 0 Å². The van der Waals surface area contributed by atoms with E-state index in [1.165, 1.54) is 5.56 Å². The van der Waals surface area contributed by atoms with E-state index in [9.17, 15) is 4.79 Å². The van der Waals surface area contributed by atoms with Crippen molar-refractivity contribution in [1.29, 1.82) is 0 Å². The second-order valence-corrected chi connectivity index (χ2v) is 6.50. The van der Waals surface area contributed by atoms with E-state index < -0.39 is 0 Å². The fraction of sp³-hybridized carbons (Fsp3) is 0.238. The van der Waals surface area contributed by atoms with Crippen LogP contribution in [-0.2, 0) is 6.54 Å². The molecule has 0 aliphatic carbocycles. The Kier molecular flexibility index (Phi) is 4.34. The maximum atomic E-state index is 12.9. The zero-order chi connectivity index (χ0) is 17.1. The molecular formula is C21H21N3O. The van der Waals surface area contributed by atoms with Gasteiger partial charge >= 0.3 is 0 Å². The summed E-state index contributed by atoms with van der Waals surface area (Å²) < 4.78 is 2.05. The standard InChI is InChI=1S/C21H21N3O/c25-21(24-13-4-7-20(24)15-23-14-12-22-16-23)19-10-8-18(9-11-19)17-5-2-1-3-6-17/h1-3,5-6,8-12,14,16,20H,4,7,13,15H2/t20-/m0/s1. The lowest BCUT2D eigenvalue weighted by molar-refractivity contribution is 0.0724. The van der Waals surface area contributed by atoms with Crippen molar-refractivity contribution in [3.05, 3.63) is 78.9 Å². The van der Waals surface area contributed by atoms with Crippen LogP contribution in [-0.4, -0.2) is 32.9 Å². The van der Waals surface area contributed by atoms with Gasteiger partial charge in [-0.1, -0.05) is 42.5 Å². The highest BCUT2D eigenvalue weighted by molar-refractivity contribution is 5.95. The van der Waals surface area contributed by atoms with Crippen LogP contribution in [0, 0.1) is 0 Å². The Morgan fingerprint density at radius 2 is 1.80 bits per heavy atom. The summed E-state index contributed by atoms with van der Waals surface area (Å²) in [7, 11) is 0. The highest BCUT2D eigenvalue weighted by atomic mass is 16.2. The van der Waals surface area contributed by atoms with E-state index in [-0.39, 0.29) is 11.9 Å². The Balaban J connectivity index is 1.50. The summed E-state index contributed by atoms with van der Waals surface area (Å²) in [4.78, 5) is 19.0. The van der Waals surface area contributed by atoms with Gasteiger partial charge in [0.15, 0.2) is 0 Å². The molecule has 1 amide bonds. The lowest BCUT2D eigenvalue weighted by Gasteiger charge is -2.25. The molecule has 126 valence electrons. The highest BCUT2D eigenvalue weighted by Crippen LogP contribution is 2.24. The van der Waals surface area contributed by atoms with Crippen molar-refractivity contribution in [2.75, 3.05) is 6.54 Å². The number of carbonyl (C=O) groups is 1. The van der Waals surface area contributed by atoms with E-state index in [0.29, 0.717) is 0 Å². The molecule has 1 aromatic heterocycles. The van der Waals surface area contributed by atoms with Gasteiger partial charge in [-0.15, -0.1) is 0 Å². The van der Waals surface area contributed by atoms with Crippen LogP contribution in [0.15, 0.2) is 73.3 Å². The zero-order valence-electron chi connectivity index (χ0n) is 14.1. The first-order valence-corrected chi connectivity index (χ1v) is 8.73. The van der Waals surface area contributed by atoms with E-state index in [0.717, 1.165) is 37.1 Å². The van der Waals surface area contributed by atoms with E-state index in [1.54, 1.807) is 6.20 Å². The van der Waals surface area contributed by atoms with Crippen LogP contribution in [0.2, 0.25) is 0 Å². The van der Waals surface area contributed by atoms with Gasteiger partial charge < -0.3 is 9.47 Å². The second kappa shape index (κ2) is 6.93. The van der Waals surface area contributed by atoms with Crippen molar-refractivity contribution in [1.82, 2.24) is 14.5 Å². The van der Waals surface area contributed by atoms with E-state index in [4.69, 9.17) is 0 Å². The minimum Gasteiger partial charge on any atom is -0.335 e. The molecule has 1 aliphatic heterocycles. The van der Waals surface area contributed by atoms with Crippen LogP contribution in [0.3, 0.4) is 0 Å². The molecule has 0 unspecified atom stereocenters. The predicted octanol–water partition coefficient (Wildman–Crippen LogP) is 3.85. The van der Waals surface area contributed by atoms with Crippen LogP contribution >= 0.6 is 0 Å². The van der Waals surface area contributed by atoms with E-state index in [2.05, 4.69) is 21.7 Å². The van der Waals surface area contributed by atoms with Crippen LogP contribution in [0.1, 0.15) is 23.2 Å². The minimum atomic E-state index is 0.127. The van der Waals surface area contributed by atoms with Crippen molar-refractivity contribution in [2.24, 2.45) is 0 Å². The molecule has 0 bridgehead atoms. The Morgan fingerprint density at radius 3 is 2.52 bits per heavy atom. The molecule has 25 heavy (non-hydrogen) atoms. The lowest BCUT2D eigenvalue weighted by Crippen LogP contribution is -2.37. The molecule has 4 nitrogen and oxygen atoms in total. The molecule has 4 heteroatoms. The monoisotopic (exact) mass is 331 g/mol. The Morgan fingerprint density at radius 1 is 1.04 bits per heavy atom. The molecule has 1 aliphatic rings. The molecule has 2 heterocycles. The number of likely N-dealkylation sites (tertiary alicyclic amines) is 1. The predicted molar refractivity (Wildman–Crippen MR) is 98.2 cm³/mol. The van der Waals surface area contributed by atoms with Gasteiger partial charge in [-0.25, -0.2) is 4.98 Å². The van der Waals surface area contributed by atoms with Crippen molar-refractivity contribution in [3.8, 4) is 11.1 Å². The number of hydrogen-bond acceptors (Lipinski definition) is 2. The molecular weight excluding hydrogens is 310 g/mol. The first kappa shape index (κ1) is 15.6. The van der Waals surface area contributed by atoms with Gasteiger partial charge in [0.25, 0.3) is 5.91 Å². The first-order valence-electron chi connectivity index (χ1n) is 8.73. The fourth-order valence-corrected chi connectivity index (χ4v) is 3.53. The quantitative estimate of drug-likeness (QED) is 0.728. The van der Waals surface area contributed by atoms with E-state index in [1.807, 2.05) is 59.9 Å². The van der Waals surface area contributed by atoms with Crippen LogP contribution < -0.4 is 0 Å². The smallest absolute Gasteiger partial charge is 0.254 e. The summed E-state index contributed by atoms with van der Waals surface area (Å²) in [5.74, 6) is 0.127. The average Bonchev–Trinajstić information content (AvgIpc) is 3.34. The number of rotatable bonds is 4. The third kappa shape index (κ3) is 3.33. The fourth-order valence-electron chi connectivity index (χ4n) is 3.53. The molecule has 0 N–H and O–H groups in total. The van der Waals surface area contributed by atoms with Crippen molar-refractivity contribution < 1.29 is 4.79 Å². The topological polar surface area (TPSA) is 38.1 Å². The second-order valence-electron chi connectivity index (χ2n) is 6.50. The molecule has 1 atom stereocenters. The third-order valence-corrected chi connectivity index (χ3v) is 4.86. The first-order chi connectivity index (χ1) is 12.3. The maximum Gasteiger partial charge on any atom is 0.254 e. The minimum absolute atomic E-state index is 0.127. The Bertz CT molecular complexity index is 825. The van der Waals surface area contributed by atoms with Gasteiger partial charge in [-0.3, -0.25) is 4.79 Å². The van der Waals surface area contributed by atoms with Gasteiger partial charge in [0.1, 0.15) is 0 Å². The zero-order valence-corrected chi connectivity index (χ0v) is 14.1. The summed E-state index contributed by atoms with van der Waals surface area (Å²) in [5.41, 5.74) is 3.06. The number of benzene rings is 2. The summed E-state index contributed by atoms with van der Waals surface area (Å²) in [6, 6.07) is 18.4. The number of hydrogen-bond donors (Lipinski definition) is 0. The largest absolute Gasteiger partial charge is 0.335 e. The normalized spacial score (nSPS) is 17.0. The highest BCUT2D eigenvalue weighted by Gasteiger charge is 2.29. The lowest BCUT2D eigenvalue weighted by atomic mass is 10.0. The summed E-state index contributed by atoms with van der Waals surface area (Å²) in [6.07, 6.45) is 7.66. The molecule has 1 fully saturated rings.